The molecule has 4 nitrogen and oxygen atoms in total. The Bertz CT molecular complexity index is 249. The summed E-state index contributed by atoms with van der Waals surface area (Å²) in [5, 5.41) is 3.30. The first-order chi connectivity index (χ1) is 8.36. The Morgan fingerprint density at radius 1 is 1.12 bits per heavy atom. The number of hydrogen-bond acceptors (Lipinski definition) is 4. The molecule has 3 heterocycles. The zero-order valence-electron chi connectivity index (χ0n) is 10.5. The minimum absolute atomic E-state index is 0.110. The summed E-state index contributed by atoms with van der Waals surface area (Å²) < 4.78 is 17.3. The summed E-state index contributed by atoms with van der Waals surface area (Å²) in [6.07, 6.45) is 4.87. The largest absolute Gasteiger partial charge is 0.381 e. The van der Waals surface area contributed by atoms with Gasteiger partial charge in [-0.1, -0.05) is 0 Å². The summed E-state index contributed by atoms with van der Waals surface area (Å²) in [4.78, 5) is 0. The summed E-state index contributed by atoms with van der Waals surface area (Å²) in [6.45, 7) is 5.61. The third-order valence-corrected chi connectivity index (χ3v) is 4.25. The molecule has 98 valence electrons. The quantitative estimate of drug-likeness (QED) is 0.798. The topological polar surface area (TPSA) is 39.7 Å². The predicted molar refractivity (Wildman–Crippen MR) is 64.1 cm³/mol. The molecular formula is C13H23NO3. The summed E-state index contributed by atoms with van der Waals surface area (Å²) in [5.41, 5.74) is 0.110. The van der Waals surface area contributed by atoms with Crippen molar-refractivity contribution in [2.75, 3.05) is 39.5 Å². The highest BCUT2D eigenvalue weighted by molar-refractivity contribution is 4.98. The lowest BCUT2D eigenvalue weighted by molar-refractivity contribution is -0.159. The molecule has 0 aromatic heterocycles. The van der Waals surface area contributed by atoms with Crippen LogP contribution in [-0.4, -0.2) is 51.2 Å². The van der Waals surface area contributed by atoms with Gasteiger partial charge in [-0.3, -0.25) is 0 Å². The number of hydrogen-bond donors (Lipinski definition) is 1. The van der Waals surface area contributed by atoms with Crippen LogP contribution in [0.1, 0.15) is 25.7 Å². The van der Waals surface area contributed by atoms with Gasteiger partial charge in [-0.15, -0.1) is 0 Å². The summed E-state index contributed by atoms with van der Waals surface area (Å²) in [6, 6.07) is 0. The van der Waals surface area contributed by atoms with Gasteiger partial charge in [0, 0.05) is 45.9 Å². The van der Waals surface area contributed by atoms with Crippen LogP contribution < -0.4 is 5.32 Å². The second kappa shape index (κ2) is 5.22. The molecule has 3 fully saturated rings. The van der Waals surface area contributed by atoms with E-state index in [1.165, 1.54) is 0 Å². The number of nitrogens with one attached hydrogen (secondary N) is 1. The zero-order chi connectivity index (χ0) is 11.6. The van der Waals surface area contributed by atoms with Crippen LogP contribution in [0.5, 0.6) is 0 Å². The molecule has 1 N–H and O–H groups in total. The molecular weight excluding hydrogens is 218 g/mol. The lowest BCUT2D eigenvalue weighted by atomic mass is 9.86. The highest BCUT2D eigenvalue weighted by Gasteiger charge is 2.43. The summed E-state index contributed by atoms with van der Waals surface area (Å²) in [7, 11) is 0. The van der Waals surface area contributed by atoms with E-state index >= 15 is 0 Å². The highest BCUT2D eigenvalue weighted by Crippen LogP contribution is 2.30. The van der Waals surface area contributed by atoms with Gasteiger partial charge < -0.3 is 19.5 Å². The van der Waals surface area contributed by atoms with Crippen molar-refractivity contribution in [2.45, 2.75) is 37.4 Å². The van der Waals surface area contributed by atoms with E-state index in [4.69, 9.17) is 14.2 Å². The maximum Gasteiger partial charge on any atom is 0.0954 e. The van der Waals surface area contributed by atoms with Crippen molar-refractivity contribution in [1.82, 2.24) is 5.32 Å². The van der Waals surface area contributed by atoms with E-state index < -0.39 is 0 Å². The average molecular weight is 241 g/mol. The van der Waals surface area contributed by atoms with E-state index in [1.54, 1.807) is 0 Å². The van der Waals surface area contributed by atoms with E-state index in [0.717, 1.165) is 65.2 Å². The molecule has 0 aromatic carbocycles. The lowest BCUT2D eigenvalue weighted by Gasteiger charge is -2.47. The van der Waals surface area contributed by atoms with E-state index in [2.05, 4.69) is 5.32 Å². The fourth-order valence-electron chi connectivity index (χ4n) is 2.96. The van der Waals surface area contributed by atoms with Gasteiger partial charge in [0.2, 0.25) is 0 Å². The summed E-state index contributed by atoms with van der Waals surface area (Å²) >= 11 is 0. The van der Waals surface area contributed by atoms with Crippen molar-refractivity contribution in [3.63, 3.8) is 0 Å². The molecule has 3 aliphatic heterocycles. The molecule has 1 atom stereocenters. The van der Waals surface area contributed by atoms with Crippen LogP contribution in [0.25, 0.3) is 0 Å². The monoisotopic (exact) mass is 241 g/mol. The van der Waals surface area contributed by atoms with Crippen LogP contribution >= 0.6 is 0 Å². The molecule has 0 aliphatic carbocycles. The van der Waals surface area contributed by atoms with Crippen molar-refractivity contribution in [1.29, 1.82) is 0 Å². The fourth-order valence-corrected chi connectivity index (χ4v) is 2.96. The van der Waals surface area contributed by atoms with Crippen LogP contribution in [0.2, 0.25) is 0 Å². The standard InChI is InChI=1S/C13H23NO3/c1-4-15-5-2-11(1)8-16-12-3-6-17-13(7-12)9-14-10-13/h11-12,14H,1-10H2. The molecule has 0 saturated carbocycles. The van der Waals surface area contributed by atoms with Crippen LogP contribution in [0.3, 0.4) is 0 Å². The molecule has 1 unspecified atom stereocenters. The Morgan fingerprint density at radius 2 is 1.94 bits per heavy atom. The smallest absolute Gasteiger partial charge is 0.0954 e. The Hall–Kier alpha value is -0.160. The maximum absolute atomic E-state index is 6.09. The molecule has 17 heavy (non-hydrogen) atoms. The Morgan fingerprint density at radius 3 is 2.65 bits per heavy atom. The second-order valence-corrected chi connectivity index (χ2v) is 5.64. The van der Waals surface area contributed by atoms with Gasteiger partial charge >= 0.3 is 0 Å². The minimum Gasteiger partial charge on any atom is -0.381 e. The first kappa shape index (κ1) is 11.9. The van der Waals surface area contributed by atoms with Gasteiger partial charge in [0.15, 0.2) is 0 Å². The average Bonchev–Trinajstić information content (AvgIpc) is 2.36. The van der Waals surface area contributed by atoms with Crippen molar-refractivity contribution in [3.8, 4) is 0 Å². The van der Waals surface area contributed by atoms with Crippen LogP contribution in [0.15, 0.2) is 0 Å². The van der Waals surface area contributed by atoms with Gasteiger partial charge in [-0.2, -0.15) is 0 Å². The molecule has 0 amide bonds. The van der Waals surface area contributed by atoms with Crippen molar-refractivity contribution in [2.24, 2.45) is 5.92 Å². The molecule has 0 bridgehead atoms. The fraction of sp³-hybridized carbons (Fsp3) is 1.00. The minimum atomic E-state index is 0.110. The van der Waals surface area contributed by atoms with Crippen LogP contribution in [0.4, 0.5) is 0 Å². The van der Waals surface area contributed by atoms with E-state index in [0.29, 0.717) is 12.0 Å². The SMILES string of the molecule is C1CC(COC2CCOC3(CNC3)C2)CCO1. The van der Waals surface area contributed by atoms with E-state index in [1.807, 2.05) is 0 Å². The van der Waals surface area contributed by atoms with Gasteiger partial charge in [-0.05, 0) is 25.2 Å². The molecule has 3 saturated heterocycles. The second-order valence-electron chi connectivity index (χ2n) is 5.64. The van der Waals surface area contributed by atoms with Gasteiger partial charge in [0.25, 0.3) is 0 Å². The maximum atomic E-state index is 6.09. The van der Waals surface area contributed by atoms with E-state index in [9.17, 15) is 0 Å². The molecule has 4 heteroatoms. The van der Waals surface area contributed by atoms with E-state index in [-0.39, 0.29) is 5.60 Å². The molecule has 0 aromatic rings. The Kier molecular flexibility index (Phi) is 3.66. The third kappa shape index (κ3) is 2.81. The van der Waals surface area contributed by atoms with Gasteiger partial charge in [-0.25, -0.2) is 0 Å². The first-order valence-electron chi connectivity index (χ1n) is 6.90. The lowest BCUT2D eigenvalue weighted by Crippen LogP contribution is -2.64. The van der Waals surface area contributed by atoms with Crippen LogP contribution in [0, 0.1) is 5.92 Å². The third-order valence-electron chi connectivity index (χ3n) is 4.25. The molecule has 1 spiro atoms. The normalized spacial score (nSPS) is 33.5. The highest BCUT2D eigenvalue weighted by atomic mass is 16.5. The Labute approximate surface area is 103 Å². The van der Waals surface area contributed by atoms with Gasteiger partial charge in [0.1, 0.15) is 0 Å². The molecule has 0 radical (unpaired) electrons. The number of rotatable bonds is 3. The van der Waals surface area contributed by atoms with Crippen molar-refractivity contribution < 1.29 is 14.2 Å². The molecule has 3 aliphatic rings. The first-order valence-corrected chi connectivity index (χ1v) is 6.90. The van der Waals surface area contributed by atoms with Crippen LogP contribution in [-0.2, 0) is 14.2 Å². The zero-order valence-corrected chi connectivity index (χ0v) is 10.5. The summed E-state index contributed by atoms with van der Waals surface area (Å²) in [5.74, 6) is 0.710. The number of ether oxygens (including phenoxy) is 3. The van der Waals surface area contributed by atoms with Crippen molar-refractivity contribution in [3.05, 3.63) is 0 Å². The van der Waals surface area contributed by atoms with Crippen molar-refractivity contribution >= 4 is 0 Å². The Balaban J connectivity index is 1.41. The van der Waals surface area contributed by atoms with Gasteiger partial charge in [0.05, 0.1) is 11.7 Å². The molecule has 3 rings (SSSR count). The predicted octanol–water partition coefficient (Wildman–Crippen LogP) is 0.951.